The molecular weight excluding hydrogens is 531 g/mol. The zero-order valence-electron chi connectivity index (χ0n) is 26.7. The minimum absolute atomic E-state index is 0. The number of benzene rings is 2. The summed E-state index contributed by atoms with van der Waals surface area (Å²) in [6.07, 6.45) is 20.1. The van der Waals surface area contributed by atoms with Crippen molar-refractivity contribution in [1.29, 1.82) is 0 Å². The molecule has 2 aromatic rings. The van der Waals surface area contributed by atoms with Gasteiger partial charge in [0, 0.05) is 16.5 Å². The molecule has 0 aliphatic carbocycles. The number of hydrogen-bond acceptors (Lipinski definition) is 2. The van der Waals surface area contributed by atoms with Crippen LogP contribution in [-0.4, -0.2) is 11.4 Å². The standard InChI is InChI=1S/C37H58N2.Ni/c1-7-13-18-23-37(39-35-27-25-31(20-15-9-3)33(29-35)22-17-11-5)36(12-6)38-34-26-24-30(19-14-8-2)32(28-34)21-16-10-4;/h24-29H,7-23H2,1-6H3;. The third-order valence-electron chi connectivity index (χ3n) is 7.79. The van der Waals surface area contributed by atoms with E-state index in [4.69, 9.17) is 9.98 Å². The fraction of sp³-hybridized carbons (Fsp3) is 0.622. The van der Waals surface area contributed by atoms with Crippen molar-refractivity contribution in [2.24, 2.45) is 9.98 Å². The first-order valence-corrected chi connectivity index (χ1v) is 16.5. The Labute approximate surface area is 257 Å². The van der Waals surface area contributed by atoms with Gasteiger partial charge in [0.25, 0.3) is 0 Å². The van der Waals surface area contributed by atoms with Gasteiger partial charge < -0.3 is 0 Å². The van der Waals surface area contributed by atoms with Gasteiger partial charge in [-0.3, -0.25) is 9.98 Å². The number of nitrogens with zero attached hydrogens (tertiary/aromatic N) is 2. The Bertz CT molecular complexity index is 1020. The average molecular weight is 590 g/mol. The Balaban J connectivity index is 0.00000800. The molecule has 0 spiro atoms. The first-order chi connectivity index (χ1) is 19.1. The van der Waals surface area contributed by atoms with Crippen LogP contribution in [0.1, 0.15) is 147 Å². The quantitative estimate of drug-likeness (QED) is 0.0834. The first kappa shape index (κ1) is 36.3. The van der Waals surface area contributed by atoms with Gasteiger partial charge in [0.2, 0.25) is 0 Å². The Morgan fingerprint density at radius 3 is 1.27 bits per heavy atom. The summed E-state index contributed by atoms with van der Waals surface area (Å²) in [5.74, 6) is 0. The summed E-state index contributed by atoms with van der Waals surface area (Å²) in [5.41, 5.74) is 10.6. The maximum Gasteiger partial charge on any atom is 0.0636 e. The maximum absolute atomic E-state index is 5.30. The predicted octanol–water partition coefficient (Wildman–Crippen LogP) is 11.9. The molecule has 0 atom stereocenters. The van der Waals surface area contributed by atoms with E-state index in [1.807, 2.05) is 0 Å². The summed E-state index contributed by atoms with van der Waals surface area (Å²) in [6, 6.07) is 13.9. The van der Waals surface area contributed by atoms with Crippen molar-refractivity contribution in [2.45, 2.75) is 151 Å². The zero-order chi connectivity index (χ0) is 28.3. The summed E-state index contributed by atoms with van der Waals surface area (Å²) < 4.78 is 0. The average Bonchev–Trinajstić information content (AvgIpc) is 2.96. The fourth-order valence-corrected chi connectivity index (χ4v) is 5.25. The monoisotopic (exact) mass is 588 g/mol. The smallest absolute Gasteiger partial charge is 0.0636 e. The molecule has 226 valence electrons. The topological polar surface area (TPSA) is 24.7 Å². The fourth-order valence-electron chi connectivity index (χ4n) is 5.25. The van der Waals surface area contributed by atoms with Crippen LogP contribution in [-0.2, 0) is 42.2 Å². The van der Waals surface area contributed by atoms with Gasteiger partial charge >= 0.3 is 0 Å². The van der Waals surface area contributed by atoms with Gasteiger partial charge in [-0.25, -0.2) is 0 Å². The van der Waals surface area contributed by atoms with Gasteiger partial charge in [0.15, 0.2) is 0 Å². The predicted molar refractivity (Wildman–Crippen MR) is 176 cm³/mol. The van der Waals surface area contributed by atoms with E-state index in [-0.39, 0.29) is 16.5 Å². The number of rotatable bonds is 20. The largest absolute Gasteiger partial charge is 0.252 e. The molecule has 0 radical (unpaired) electrons. The Morgan fingerprint density at radius 2 is 0.875 bits per heavy atom. The van der Waals surface area contributed by atoms with E-state index in [1.165, 1.54) is 111 Å². The molecular formula is C37H58N2Ni. The van der Waals surface area contributed by atoms with Crippen LogP contribution in [0.2, 0.25) is 0 Å². The van der Waals surface area contributed by atoms with E-state index in [2.05, 4.69) is 77.9 Å². The van der Waals surface area contributed by atoms with Crippen LogP contribution in [0.4, 0.5) is 11.4 Å². The first-order valence-electron chi connectivity index (χ1n) is 16.5. The molecule has 0 amide bonds. The molecule has 0 saturated heterocycles. The van der Waals surface area contributed by atoms with E-state index in [9.17, 15) is 0 Å². The van der Waals surface area contributed by atoms with E-state index in [0.29, 0.717) is 0 Å². The van der Waals surface area contributed by atoms with Crippen LogP contribution >= 0.6 is 0 Å². The van der Waals surface area contributed by atoms with Crippen molar-refractivity contribution in [2.75, 3.05) is 0 Å². The molecule has 2 rings (SSSR count). The van der Waals surface area contributed by atoms with Crippen LogP contribution in [0.5, 0.6) is 0 Å². The minimum Gasteiger partial charge on any atom is -0.252 e. The molecule has 0 aliphatic rings. The molecule has 0 unspecified atom stereocenters. The van der Waals surface area contributed by atoms with Crippen LogP contribution in [0.25, 0.3) is 0 Å². The Hall–Kier alpha value is -1.73. The second kappa shape index (κ2) is 21.9. The maximum atomic E-state index is 5.30. The van der Waals surface area contributed by atoms with Gasteiger partial charge in [0.1, 0.15) is 0 Å². The summed E-state index contributed by atoms with van der Waals surface area (Å²) in [6.45, 7) is 13.6. The number of unbranched alkanes of at least 4 members (excludes halogenated alkanes) is 6. The molecule has 2 aromatic carbocycles. The van der Waals surface area contributed by atoms with Crippen molar-refractivity contribution in [3.05, 3.63) is 58.7 Å². The summed E-state index contributed by atoms with van der Waals surface area (Å²) >= 11 is 0. The Morgan fingerprint density at radius 1 is 0.475 bits per heavy atom. The number of aliphatic imine (C=N–C) groups is 2. The van der Waals surface area contributed by atoms with E-state index < -0.39 is 0 Å². The van der Waals surface area contributed by atoms with Gasteiger partial charge in [-0.1, -0.05) is 92.2 Å². The van der Waals surface area contributed by atoms with E-state index in [1.54, 1.807) is 0 Å². The molecule has 40 heavy (non-hydrogen) atoms. The van der Waals surface area contributed by atoms with Gasteiger partial charge in [0.05, 0.1) is 22.8 Å². The second-order valence-corrected chi connectivity index (χ2v) is 11.2. The molecule has 0 fully saturated rings. The SMILES string of the molecule is CCCCCC(=Nc1ccc(CCCC)c(CCCC)c1)C(CC)=Nc1ccc(CCCC)c(CCCC)c1.[Ni]. The number of aryl methyl sites for hydroxylation is 4. The van der Waals surface area contributed by atoms with Crippen molar-refractivity contribution in [1.82, 2.24) is 0 Å². The van der Waals surface area contributed by atoms with Gasteiger partial charge in [-0.05, 0) is 117 Å². The molecule has 0 aliphatic heterocycles. The van der Waals surface area contributed by atoms with E-state index >= 15 is 0 Å². The molecule has 0 N–H and O–H groups in total. The summed E-state index contributed by atoms with van der Waals surface area (Å²) in [4.78, 5) is 10.6. The molecule has 3 heteroatoms. The Kier molecular flexibility index (Phi) is 19.9. The van der Waals surface area contributed by atoms with Crippen molar-refractivity contribution >= 4 is 22.8 Å². The normalized spacial score (nSPS) is 12.1. The molecule has 0 aromatic heterocycles. The molecule has 2 nitrogen and oxygen atoms in total. The van der Waals surface area contributed by atoms with Crippen molar-refractivity contribution < 1.29 is 16.5 Å². The molecule has 0 heterocycles. The van der Waals surface area contributed by atoms with Crippen molar-refractivity contribution in [3.8, 4) is 0 Å². The van der Waals surface area contributed by atoms with Crippen LogP contribution in [0.15, 0.2) is 46.4 Å². The third-order valence-corrected chi connectivity index (χ3v) is 7.79. The van der Waals surface area contributed by atoms with Crippen LogP contribution in [0, 0.1) is 0 Å². The van der Waals surface area contributed by atoms with E-state index in [0.717, 1.165) is 42.8 Å². The van der Waals surface area contributed by atoms with Gasteiger partial charge in [-0.15, -0.1) is 0 Å². The van der Waals surface area contributed by atoms with Crippen LogP contribution in [0.3, 0.4) is 0 Å². The van der Waals surface area contributed by atoms with Crippen LogP contribution < -0.4 is 0 Å². The van der Waals surface area contributed by atoms with Gasteiger partial charge in [-0.2, -0.15) is 0 Å². The molecule has 0 saturated carbocycles. The number of hydrogen-bond donors (Lipinski definition) is 0. The molecule has 0 bridgehead atoms. The second-order valence-electron chi connectivity index (χ2n) is 11.2. The zero-order valence-corrected chi connectivity index (χ0v) is 27.7. The van der Waals surface area contributed by atoms with Crippen molar-refractivity contribution in [3.63, 3.8) is 0 Å². The summed E-state index contributed by atoms with van der Waals surface area (Å²) in [7, 11) is 0. The summed E-state index contributed by atoms with van der Waals surface area (Å²) in [5, 5.41) is 0. The minimum atomic E-state index is 0. The third kappa shape index (κ3) is 12.8.